The molecule has 5 nitrogen and oxygen atoms in total. The lowest BCUT2D eigenvalue weighted by atomic mass is 10.1. The van der Waals surface area contributed by atoms with Gasteiger partial charge >= 0.3 is 12.0 Å². The van der Waals surface area contributed by atoms with Crippen molar-refractivity contribution in [2.24, 2.45) is 0 Å². The molecule has 0 saturated heterocycles. The van der Waals surface area contributed by atoms with E-state index in [0.717, 1.165) is 12.8 Å². The standard InChI is InChI=1S/C12H20N2O3/c1-3-5-6-7-8-13-12(17)14-10(4-2)9-11(15)16/h1,10H,4-9H2,2H3,(H,15,16)(H2,13,14,17). The highest BCUT2D eigenvalue weighted by atomic mass is 16.4. The van der Waals surface area contributed by atoms with Crippen LogP contribution >= 0.6 is 0 Å². The number of terminal acetylenes is 1. The first-order chi connectivity index (χ1) is 8.10. The molecule has 3 N–H and O–H groups in total. The van der Waals surface area contributed by atoms with Crippen LogP contribution < -0.4 is 10.6 Å². The first-order valence-corrected chi connectivity index (χ1v) is 5.79. The molecule has 0 fully saturated rings. The van der Waals surface area contributed by atoms with Gasteiger partial charge in [-0.25, -0.2) is 4.79 Å². The molecular weight excluding hydrogens is 220 g/mol. The summed E-state index contributed by atoms with van der Waals surface area (Å²) in [5.41, 5.74) is 0. The first kappa shape index (κ1) is 15.3. The Bertz CT molecular complexity index is 284. The summed E-state index contributed by atoms with van der Waals surface area (Å²) in [6, 6.07) is -0.642. The van der Waals surface area contributed by atoms with Crippen molar-refractivity contribution in [2.45, 2.75) is 45.1 Å². The third kappa shape index (κ3) is 9.24. The Kier molecular flexibility index (Phi) is 8.57. The van der Waals surface area contributed by atoms with Gasteiger partial charge in [0, 0.05) is 19.0 Å². The van der Waals surface area contributed by atoms with Gasteiger partial charge in [-0.15, -0.1) is 12.3 Å². The third-order valence-corrected chi connectivity index (χ3v) is 2.28. The van der Waals surface area contributed by atoms with Crippen molar-refractivity contribution in [2.75, 3.05) is 6.54 Å². The number of carboxylic acid groups (broad SMARTS) is 1. The second-order valence-corrected chi connectivity index (χ2v) is 3.76. The highest BCUT2D eigenvalue weighted by Crippen LogP contribution is 1.97. The second kappa shape index (κ2) is 9.52. The van der Waals surface area contributed by atoms with Crippen LogP contribution in [0.25, 0.3) is 0 Å². The molecule has 0 rings (SSSR count). The number of carbonyl (C=O) groups excluding carboxylic acids is 1. The molecule has 0 aromatic heterocycles. The molecule has 0 saturated carbocycles. The van der Waals surface area contributed by atoms with Crippen molar-refractivity contribution in [1.29, 1.82) is 0 Å². The van der Waals surface area contributed by atoms with Crippen LogP contribution in [0.4, 0.5) is 4.79 Å². The minimum Gasteiger partial charge on any atom is -0.481 e. The lowest BCUT2D eigenvalue weighted by molar-refractivity contribution is -0.137. The molecule has 0 radical (unpaired) electrons. The number of urea groups is 1. The topological polar surface area (TPSA) is 78.4 Å². The van der Waals surface area contributed by atoms with Gasteiger partial charge in [-0.3, -0.25) is 4.79 Å². The normalized spacial score (nSPS) is 11.3. The smallest absolute Gasteiger partial charge is 0.315 e. The van der Waals surface area contributed by atoms with Gasteiger partial charge in [-0.2, -0.15) is 0 Å². The number of rotatable bonds is 8. The zero-order chi connectivity index (χ0) is 13.1. The third-order valence-electron chi connectivity index (χ3n) is 2.28. The van der Waals surface area contributed by atoms with Gasteiger partial charge < -0.3 is 15.7 Å². The molecule has 0 heterocycles. The van der Waals surface area contributed by atoms with E-state index in [4.69, 9.17) is 11.5 Å². The molecule has 0 aromatic rings. The summed E-state index contributed by atoms with van der Waals surface area (Å²) in [4.78, 5) is 21.9. The number of unbranched alkanes of at least 4 members (excludes halogenated alkanes) is 2. The Morgan fingerprint density at radius 1 is 1.41 bits per heavy atom. The lowest BCUT2D eigenvalue weighted by Crippen LogP contribution is -2.43. The van der Waals surface area contributed by atoms with Crippen LogP contribution in [0.3, 0.4) is 0 Å². The molecule has 1 unspecified atom stereocenters. The summed E-state index contributed by atoms with van der Waals surface area (Å²) < 4.78 is 0. The molecule has 0 aromatic carbocycles. The maximum absolute atomic E-state index is 11.4. The van der Waals surface area contributed by atoms with Crippen molar-refractivity contribution in [3.8, 4) is 12.3 Å². The quantitative estimate of drug-likeness (QED) is 0.442. The van der Waals surface area contributed by atoms with Crippen LogP contribution in [0.1, 0.15) is 39.0 Å². The van der Waals surface area contributed by atoms with Gasteiger partial charge in [-0.1, -0.05) is 6.92 Å². The van der Waals surface area contributed by atoms with E-state index in [1.807, 2.05) is 6.92 Å². The van der Waals surface area contributed by atoms with E-state index in [-0.39, 0.29) is 18.5 Å². The summed E-state index contributed by atoms with van der Waals surface area (Å²) in [6.07, 6.45) is 8.05. The minimum atomic E-state index is -0.911. The van der Waals surface area contributed by atoms with E-state index in [2.05, 4.69) is 16.6 Å². The molecule has 0 spiro atoms. The Morgan fingerprint density at radius 3 is 2.65 bits per heavy atom. The summed E-state index contributed by atoms with van der Waals surface area (Å²) >= 11 is 0. The van der Waals surface area contributed by atoms with Crippen LogP contribution in [0.2, 0.25) is 0 Å². The predicted molar refractivity (Wildman–Crippen MR) is 65.6 cm³/mol. The average Bonchev–Trinajstić information content (AvgIpc) is 2.27. The first-order valence-electron chi connectivity index (χ1n) is 5.79. The van der Waals surface area contributed by atoms with Gasteiger partial charge in [0.05, 0.1) is 6.42 Å². The van der Waals surface area contributed by atoms with E-state index in [9.17, 15) is 9.59 Å². The summed E-state index contributed by atoms with van der Waals surface area (Å²) in [5, 5.41) is 13.9. The molecule has 96 valence electrons. The monoisotopic (exact) mass is 240 g/mol. The van der Waals surface area contributed by atoms with Crippen LogP contribution in [0.15, 0.2) is 0 Å². The second-order valence-electron chi connectivity index (χ2n) is 3.76. The van der Waals surface area contributed by atoms with E-state index in [0.29, 0.717) is 19.4 Å². The van der Waals surface area contributed by atoms with E-state index < -0.39 is 5.97 Å². The van der Waals surface area contributed by atoms with Crippen LogP contribution in [0.5, 0.6) is 0 Å². The SMILES string of the molecule is C#CCCCCNC(=O)NC(CC)CC(=O)O. The van der Waals surface area contributed by atoms with Crippen LogP contribution in [-0.4, -0.2) is 29.7 Å². The Morgan fingerprint density at radius 2 is 2.12 bits per heavy atom. The Labute approximate surface area is 102 Å². The number of hydrogen-bond acceptors (Lipinski definition) is 2. The van der Waals surface area contributed by atoms with Crippen molar-refractivity contribution >= 4 is 12.0 Å². The predicted octanol–water partition coefficient (Wildman–Crippen LogP) is 1.34. The van der Waals surface area contributed by atoms with Crippen molar-refractivity contribution in [3.63, 3.8) is 0 Å². The zero-order valence-corrected chi connectivity index (χ0v) is 10.2. The summed E-state index contributed by atoms with van der Waals surface area (Å²) in [6.45, 7) is 2.39. The number of carboxylic acids is 1. The Hall–Kier alpha value is -1.70. The van der Waals surface area contributed by atoms with Gasteiger partial charge in [0.15, 0.2) is 0 Å². The van der Waals surface area contributed by atoms with Gasteiger partial charge in [0.1, 0.15) is 0 Å². The number of hydrogen-bond donors (Lipinski definition) is 3. The zero-order valence-electron chi connectivity index (χ0n) is 10.2. The molecule has 2 amide bonds. The summed E-state index contributed by atoms with van der Waals surface area (Å²) in [5.74, 6) is 1.61. The van der Waals surface area contributed by atoms with Crippen molar-refractivity contribution < 1.29 is 14.7 Å². The molecule has 0 aliphatic heterocycles. The van der Waals surface area contributed by atoms with E-state index in [1.54, 1.807) is 0 Å². The minimum absolute atomic E-state index is 0.0546. The van der Waals surface area contributed by atoms with Crippen LogP contribution in [0, 0.1) is 12.3 Å². The van der Waals surface area contributed by atoms with Gasteiger partial charge in [0.25, 0.3) is 0 Å². The number of nitrogens with one attached hydrogen (secondary N) is 2. The number of amides is 2. The Balaban J connectivity index is 3.69. The fourth-order valence-corrected chi connectivity index (χ4v) is 1.30. The molecular formula is C12H20N2O3. The number of aliphatic carboxylic acids is 1. The average molecular weight is 240 g/mol. The van der Waals surface area contributed by atoms with E-state index in [1.165, 1.54) is 0 Å². The van der Waals surface area contributed by atoms with Crippen molar-refractivity contribution in [1.82, 2.24) is 10.6 Å². The number of carbonyl (C=O) groups is 2. The maximum atomic E-state index is 11.4. The molecule has 17 heavy (non-hydrogen) atoms. The largest absolute Gasteiger partial charge is 0.481 e. The molecule has 5 heteroatoms. The van der Waals surface area contributed by atoms with Crippen molar-refractivity contribution in [3.05, 3.63) is 0 Å². The molecule has 0 aliphatic rings. The van der Waals surface area contributed by atoms with E-state index >= 15 is 0 Å². The molecule has 0 aliphatic carbocycles. The maximum Gasteiger partial charge on any atom is 0.315 e. The highest BCUT2D eigenvalue weighted by molar-refractivity contribution is 5.75. The summed E-state index contributed by atoms with van der Waals surface area (Å²) in [7, 11) is 0. The lowest BCUT2D eigenvalue weighted by Gasteiger charge is -2.15. The molecule has 0 bridgehead atoms. The van der Waals surface area contributed by atoms with Gasteiger partial charge in [-0.05, 0) is 19.3 Å². The fourth-order valence-electron chi connectivity index (χ4n) is 1.30. The fraction of sp³-hybridized carbons (Fsp3) is 0.667. The highest BCUT2D eigenvalue weighted by Gasteiger charge is 2.13. The van der Waals surface area contributed by atoms with Crippen LogP contribution in [-0.2, 0) is 4.79 Å². The van der Waals surface area contributed by atoms with Gasteiger partial charge in [0.2, 0.25) is 0 Å². The molecule has 1 atom stereocenters.